The molecular formula is C13H17ClN2S. The topological polar surface area (TPSA) is 20.7 Å². The van der Waals surface area contributed by atoms with E-state index in [1.165, 1.54) is 0 Å². The summed E-state index contributed by atoms with van der Waals surface area (Å²) in [6.07, 6.45) is 1.11. The predicted molar refractivity (Wildman–Crippen MR) is 76.3 cm³/mol. The molecule has 4 heteroatoms. The van der Waals surface area contributed by atoms with Gasteiger partial charge in [0.1, 0.15) is 0 Å². The Balaban J connectivity index is 2.53. The summed E-state index contributed by atoms with van der Waals surface area (Å²) >= 11 is 11.4. The van der Waals surface area contributed by atoms with E-state index in [-0.39, 0.29) is 0 Å². The van der Waals surface area contributed by atoms with Crippen LogP contribution in [0.25, 0.3) is 11.0 Å². The molecule has 0 aliphatic rings. The molecule has 0 saturated carbocycles. The summed E-state index contributed by atoms with van der Waals surface area (Å²) in [5.74, 6) is 0.657. The van der Waals surface area contributed by atoms with Crippen LogP contribution >= 0.6 is 23.8 Å². The third-order valence-corrected chi connectivity index (χ3v) is 3.47. The third-order valence-electron chi connectivity index (χ3n) is 2.93. The molecule has 0 amide bonds. The average Bonchev–Trinajstić information content (AvgIpc) is 2.51. The van der Waals surface area contributed by atoms with E-state index < -0.39 is 0 Å². The number of hydrogen-bond acceptors (Lipinski definition) is 1. The van der Waals surface area contributed by atoms with Gasteiger partial charge in [0.2, 0.25) is 0 Å². The van der Waals surface area contributed by atoms with Crippen molar-refractivity contribution in [2.45, 2.75) is 33.2 Å². The molecular weight excluding hydrogens is 252 g/mol. The lowest BCUT2D eigenvalue weighted by Crippen LogP contribution is -2.08. The highest BCUT2D eigenvalue weighted by Crippen LogP contribution is 2.25. The highest BCUT2D eigenvalue weighted by Gasteiger charge is 2.12. The van der Waals surface area contributed by atoms with Gasteiger partial charge in [-0.3, -0.25) is 0 Å². The quantitative estimate of drug-likeness (QED) is 0.781. The molecule has 17 heavy (non-hydrogen) atoms. The van der Waals surface area contributed by atoms with E-state index in [9.17, 15) is 0 Å². The minimum atomic E-state index is 0.400. The summed E-state index contributed by atoms with van der Waals surface area (Å²) in [5, 5.41) is 0.734. The Kier molecular flexibility index (Phi) is 3.59. The van der Waals surface area contributed by atoms with Crippen LogP contribution in [0.2, 0.25) is 5.02 Å². The number of hydrogen-bond donors (Lipinski definition) is 1. The molecule has 1 aromatic heterocycles. The summed E-state index contributed by atoms with van der Waals surface area (Å²) in [6.45, 7) is 6.66. The number of halogens is 1. The fraction of sp³-hybridized carbons (Fsp3) is 0.462. The van der Waals surface area contributed by atoms with Crippen molar-refractivity contribution < 1.29 is 0 Å². The molecule has 0 aliphatic carbocycles. The van der Waals surface area contributed by atoms with Crippen LogP contribution in [-0.2, 0) is 0 Å². The average molecular weight is 269 g/mol. The maximum atomic E-state index is 5.98. The standard InChI is InChI=1S/C13H17ClN2S/c1-8(2)6-9(3)16-12-5-4-10(14)7-11(12)15-13(16)17/h4-5,7-9H,6H2,1-3H3,(H,15,17). The Hall–Kier alpha value is -0.800. The van der Waals surface area contributed by atoms with Crippen molar-refractivity contribution in [2.24, 2.45) is 5.92 Å². The van der Waals surface area contributed by atoms with Crippen molar-refractivity contribution in [2.75, 3.05) is 0 Å². The van der Waals surface area contributed by atoms with Crippen molar-refractivity contribution in [3.05, 3.63) is 28.0 Å². The van der Waals surface area contributed by atoms with Gasteiger partial charge in [0.15, 0.2) is 4.77 Å². The van der Waals surface area contributed by atoms with Gasteiger partial charge in [-0.15, -0.1) is 0 Å². The number of nitrogens with one attached hydrogen (secondary N) is 1. The number of nitrogens with zero attached hydrogens (tertiary/aromatic N) is 1. The molecule has 0 bridgehead atoms. The molecule has 2 aromatic rings. The largest absolute Gasteiger partial charge is 0.331 e. The molecule has 0 spiro atoms. The van der Waals surface area contributed by atoms with Crippen LogP contribution in [0.15, 0.2) is 18.2 Å². The monoisotopic (exact) mass is 268 g/mol. The van der Waals surface area contributed by atoms with E-state index in [2.05, 4.69) is 30.3 Å². The zero-order chi connectivity index (χ0) is 12.6. The van der Waals surface area contributed by atoms with Crippen LogP contribution in [0, 0.1) is 10.7 Å². The summed E-state index contributed by atoms with van der Waals surface area (Å²) < 4.78 is 2.96. The molecule has 1 unspecified atom stereocenters. The zero-order valence-electron chi connectivity index (χ0n) is 10.3. The summed E-state index contributed by atoms with van der Waals surface area (Å²) in [4.78, 5) is 3.22. The third kappa shape index (κ3) is 2.55. The summed E-state index contributed by atoms with van der Waals surface area (Å²) in [5.41, 5.74) is 2.14. The van der Waals surface area contributed by atoms with E-state index in [0.717, 1.165) is 27.2 Å². The van der Waals surface area contributed by atoms with Crippen LogP contribution in [-0.4, -0.2) is 9.55 Å². The van der Waals surface area contributed by atoms with Crippen LogP contribution in [0.3, 0.4) is 0 Å². The number of rotatable bonds is 3. The Bertz CT molecular complexity index is 583. The number of aromatic nitrogens is 2. The molecule has 0 radical (unpaired) electrons. The van der Waals surface area contributed by atoms with Crippen LogP contribution in [0.1, 0.15) is 33.2 Å². The van der Waals surface area contributed by atoms with E-state index in [0.29, 0.717) is 12.0 Å². The molecule has 0 fully saturated rings. The van der Waals surface area contributed by atoms with Gasteiger partial charge in [-0.05, 0) is 49.7 Å². The van der Waals surface area contributed by atoms with E-state index in [4.69, 9.17) is 23.8 Å². The minimum Gasteiger partial charge on any atom is -0.331 e. The van der Waals surface area contributed by atoms with Crippen LogP contribution in [0.5, 0.6) is 0 Å². The summed E-state index contributed by atoms with van der Waals surface area (Å²) in [7, 11) is 0. The first-order chi connectivity index (χ1) is 7.99. The van der Waals surface area contributed by atoms with Crippen molar-refractivity contribution in [3.8, 4) is 0 Å². The Morgan fingerprint density at radius 2 is 2.06 bits per heavy atom. The second-order valence-corrected chi connectivity index (χ2v) is 5.76. The van der Waals surface area contributed by atoms with E-state index in [1.807, 2.05) is 18.2 Å². The van der Waals surface area contributed by atoms with Crippen LogP contribution < -0.4 is 0 Å². The Morgan fingerprint density at radius 3 is 2.71 bits per heavy atom. The fourth-order valence-electron chi connectivity index (χ4n) is 2.33. The maximum Gasteiger partial charge on any atom is 0.178 e. The number of imidazole rings is 1. The minimum absolute atomic E-state index is 0.400. The first-order valence-electron chi connectivity index (χ1n) is 5.89. The first-order valence-corrected chi connectivity index (χ1v) is 6.67. The second kappa shape index (κ2) is 4.83. The Labute approximate surface area is 112 Å². The predicted octanol–water partition coefficient (Wildman–Crippen LogP) is 4.96. The van der Waals surface area contributed by atoms with Gasteiger partial charge < -0.3 is 9.55 Å². The van der Waals surface area contributed by atoms with Gasteiger partial charge >= 0.3 is 0 Å². The number of benzene rings is 1. The highest BCUT2D eigenvalue weighted by atomic mass is 35.5. The van der Waals surface area contributed by atoms with Gasteiger partial charge in [0, 0.05) is 11.1 Å². The lowest BCUT2D eigenvalue weighted by atomic mass is 10.1. The molecule has 2 nitrogen and oxygen atoms in total. The smallest absolute Gasteiger partial charge is 0.178 e. The van der Waals surface area contributed by atoms with Crippen LogP contribution in [0.4, 0.5) is 0 Å². The Morgan fingerprint density at radius 1 is 1.35 bits per heavy atom. The molecule has 0 aliphatic heterocycles. The van der Waals surface area contributed by atoms with Gasteiger partial charge in [0.05, 0.1) is 11.0 Å². The van der Waals surface area contributed by atoms with Gasteiger partial charge in [-0.1, -0.05) is 25.4 Å². The molecule has 1 N–H and O–H groups in total. The van der Waals surface area contributed by atoms with Gasteiger partial charge in [-0.2, -0.15) is 0 Å². The molecule has 1 aromatic carbocycles. The first kappa shape index (κ1) is 12.7. The maximum absolute atomic E-state index is 5.98. The molecule has 0 saturated heterocycles. The van der Waals surface area contributed by atoms with Gasteiger partial charge in [0.25, 0.3) is 0 Å². The summed E-state index contributed by atoms with van der Waals surface area (Å²) in [6, 6.07) is 6.26. The lowest BCUT2D eigenvalue weighted by molar-refractivity contribution is 0.432. The zero-order valence-corrected chi connectivity index (χ0v) is 11.9. The number of fused-ring (bicyclic) bond motifs is 1. The van der Waals surface area contributed by atoms with E-state index >= 15 is 0 Å². The number of H-pyrrole nitrogens is 1. The molecule has 92 valence electrons. The second-order valence-electron chi connectivity index (χ2n) is 4.94. The molecule has 2 rings (SSSR count). The van der Waals surface area contributed by atoms with Gasteiger partial charge in [-0.25, -0.2) is 0 Å². The SMILES string of the molecule is CC(C)CC(C)n1c(=S)[nH]c2cc(Cl)ccc21. The highest BCUT2D eigenvalue weighted by molar-refractivity contribution is 7.71. The van der Waals surface area contributed by atoms with Crippen molar-refractivity contribution in [1.82, 2.24) is 9.55 Å². The number of aromatic amines is 1. The van der Waals surface area contributed by atoms with E-state index in [1.54, 1.807) is 0 Å². The fourth-order valence-corrected chi connectivity index (χ4v) is 2.89. The van der Waals surface area contributed by atoms with Crippen molar-refractivity contribution in [3.63, 3.8) is 0 Å². The molecule has 1 heterocycles. The molecule has 1 atom stereocenters. The van der Waals surface area contributed by atoms with Crippen molar-refractivity contribution >= 4 is 34.9 Å². The van der Waals surface area contributed by atoms with Crippen molar-refractivity contribution in [1.29, 1.82) is 0 Å². The lowest BCUT2D eigenvalue weighted by Gasteiger charge is -2.16. The normalized spacial score (nSPS) is 13.5.